The highest BCUT2D eigenvalue weighted by Gasteiger charge is 2.33. The molecule has 4 aromatic rings. The van der Waals surface area contributed by atoms with Crippen molar-refractivity contribution in [3.8, 4) is 11.1 Å². The van der Waals surface area contributed by atoms with Crippen LogP contribution in [0.1, 0.15) is 0 Å². The molecule has 2 heteroatoms. The van der Waals surface area contributed by atoms with Crippen molar-refractivity contribution in [2.45, 2.75) is 0 Å². The molecule has 0 saturated heterocycles. The molecule has 1 aliphatic rings. The Morgan fingerprint density at radius 1 is 0.556 bits per heavy atom. The summed E-state index contributed by atoms with van der Waals surface area (Å²) in [5, 5.41) is 0. The van der Waals surface area contributed by atoms with E-state index in [1.165, 1.54) is 44.5 Å². The van der Waals surface area contributed by atoms with E-state index in [-0.39, 0.29) is 0 Å². The Balaban J connectivity index is 1.65. The second kappa shape index (κ2) is 6.42. The van der Waals surface area contributed by atoms with Crippen LogP contribution in [0.15, 0.2) is 103 Å². The van der Waals surface area contributed by atoms with Gasteiger partial charge in [-0.2, -0.15) is 0 Å². The van der Waals surface area contributed by atoms with E-state index in [0.717, 1.165) is 0 Å². The highest BCUT2D eigenvalue weighted by Crippen LogP contribution is 2.41. The quantitative estimate of drug-likeness (QED) is 0.444. The van der Waals surface area contributed by atoms with Gasteiger partial charge in [0.15, 0.2) is 0 Å². The average molecular weight is 349 g/mol. The van der Waals surface area contributed by atoms with Gasteiger partial charge >= 0.3 is 0 Å². The summed E-state index contributed by atoms with van der Waals surface area (Å²) in [6, 6.07) is 36.7. The van der Waals surface area contributed by atoms with Gasteiger partial charge in [0.05, 0.1) is 5.56 Å². The number of hydrogen-bond donors (Lipinski definition) is 1. The van der Waals surface area contributed by atoms with E-state index in [2.05, 4.69) is 115 Å². The number of hydrogen-bond acceptors (Lipinski definition) is 1. The average Bonchev–Trinajstić information content (AvgIpc) is 3.08. The number of rotatable bonds is 3. The van der Waals surface area contributed by atoms with E-state index in [1.54, 1.807) is 0 Å². The minimum atomic E-state index is 1.19. The van der Waals surface area contributed by atoms with E-state index in [9.17, 15) is 0 Å². The van der Waals surface area contributed by atoms with Gasteiger partial charge in [0.2, 0.25) is 0 Å². The van der Waals surface area contributed by atoms with Crippen molar-refractivity contribution < 1.29 is 4.90 Å². The summed E-state index contributed by atoms with van der Waals surface area (Å²) >= 11 is 0. The van der Waals surface area contributed by atoms with E-state index in [4.69, 9.17) is 0 Å². The van der Waals surface area contributed by atoms with Gasteiger partial charge in [0.1, 0.15) is 17.1 Å². The van der Waals surface area contributed by atoms with Crippen molar-refractivity contribution in [3.05, 3.63) is 103 Å². The van der Waals surface area contributed by atoms with Crippen LogP contribution in [0.5, 0.6) is 0 Å². The van der Waals surface area contributed by atoms with Crippen LogP contribution < -0.4 is 9.80 Å². The molecule has 0 amide bonds. The molecule has 5 rings (SSSR count). The molecule has 1 atom stereocenters. The third kappa shape index (κ3) is 2.62. The van der Waals surface area contributed by atoms with Gasteiger partial charge in [-0.15, -0.1) is 0 Å². The fraction of sp³-hybridized carbons (Fsp3) is 0.0400. The summed E-state index contributed by atoms with van der Waals surface area (Å²) in [5.74, 6) is 0. The van der Waals surface area contributed by atoms with E-state index in [0.29, 0.717) is 0 Å². The molecule has 0 bridgehead atoms. The topological polar surface area (TPSA) is 7.68 Å². The molecule has 27 heavy (non-hydrogen) atoms. The number of benzene rings is 4. The first-order valence-electron chi connectivity index (χ1n) is 9.28. The van der Waals surface area contributed by atoms with Gasteiger partial charge in [-0.25, -0.2) is 4.90 Å². The van der Waals surface area contributed by atoms with Gasteiger partial charge in [0.25, 0.3) is 0 Å². The lowest BCUT2D eigenvalue weighted by Gasteiger charge is -2.20. The molecular weight excluding hydrogens is 328 g/mol. The number of nitrogens with zero attached hydrogens (tertiary/aromatic N) is 1. The monoisotopic (exact) mass is 349 g/mol. The van der Waals surface area contributed by atoms with Crippen molar-refractivity contribution in [1.29, 1.82) is 0 Å². The van der Waals surface area contributed by atoms with E-state index in [1.807, 2.05) is 0 Å². The summed E-state index contributed by atoms with van der Waals surface area (Å²) in [5.41, 5.74) is 8.91. The lowest BCUT2D eigenvalue weighted by atomic mass is 10.0. The number of quaternary nitrogens is 1. The summed E-state index contributed by atoms with van der Waals surface area (Å²) in [6.07, 6.45) is 0. The maximum Gasteiger partial charge on any atom is 0.149 e. The van der Waals surface area contributed by atoms with Gasteiger partial charge in [0, 0.05) is 36.1 Å². The van der Waals surface area contributed by atoms with Gasteiger partial charge in [-0.05, 0) is 42.5 Å². The summed E-state index contributed by atoms with van der Waals surface area (Å²) in [6.45, 7) is 0. The molecule has 0 saturated carbocycles. The molecular formula is C25H21N2+. The molecule has 130 valence electrons. The molecule has 4 aromatic carbocycles. The Morgan fingerprint density at radius 2 is 1.19 bits per heavy atom. The lowest BCUT2D eigenvalue weighted by Crippen LogP contribution is -2.95. The molecule has 1 unspecified atom stereocenters. The van der Waals surface area contributed by atoms with Crippen LogP contribution in [0.2, 0.25) is 0 Å². The first-order valence-corrected chi connectivity index (χ1v) is 9.28. The first-order chi connectivity index (χ1) is 13.3. The first kappa shape index (κ1) is 15.9. The molecule has 1 N–H and O–H groups in total. The van der Waals surface area contributed by atoms with Crippen molar-refractivity contribution in [1.82, 2.24) is 0 Å². The lowest BCUT2D eigenvalue weighted by molar-refractivity contribution is -0.677. The third-order valence-electron chi connectivity index (χ3n) is 5.35. The van der Waals surface area contributed by atoms with Crippen LogP contribution in [0.4, 0.5) is 28.4 Å². The number of fused-ring (bicyclic) bond motifs is 3. The molecule has 2 nitrogen and oxygen atoms in total. The second-order valence-corrected chi connectivity index (χ2v) is 6.91. The zero-order valence-electron chi connectivity index (χ0n) is 15.3. The van der Waals surface area contributed by atoms with Crippen molar-refractivity contribution in [3.63, 3.8) is 0 Å². The molecule has 0 aliphatic carbocycles. The van der Waals surface area contributed by atoms with Crippen LogP contribution in [-0.4, -0.2) is 7.05 Å². The van der Waals surface area contributed by atoms with Crippen LogP contribution in [0.25, 0.3) is 11.1 Å². The Hall–Kier alpha value is -3.36. The van der Waals surface area contributed by atoms with Crippen molar-refractivity contribution in [2.75, 3.05) is 11.9 Å². The number of anilines is 2. The SMILES string of the molecule is CN(c1ccccc1)c1ccc2c(c1)-c1ccccc1[NH+]2c1ccccc1. The van der Waals surface area contributed by atoms with Gasteiger partial charge < -0.3 is 4.90 Å². The standard InChI is InChI=1S/C25H20N2/c1-26(19-10-4-2-5-11-19)21-16-17-25-23(18-21)22-14-8-9-15-24(22)27(25)20-12-6-3-7-13-20/h2-18H,1H3/p+1. The summed E-state index contributed by atoms with van der Waals surface area (Å²) in [4.78, 5) is 3.57. The molecule has 0 aromatic heterocycles. The zero-order valence-corrected chi connectivity index (χ0v) is 15.3. The normalized spacial score (nSPS) is 14.5. The zero-order chi connectivity index (χ0) is 18.2. The molecule has 0 spiro atoms. The van der Waals surface area contributed by atoms with Gasteiger partial charge in [-0.3, -0.25) is 0 Å². The van der Waals surface area contributed by atoms with Crippen LogP contribution in [0.3, 0.4) is 0 Å². The smallest absolute Gasteiger partial charge is 0.149 e. The van der Waals surface area contributed by atoms with Crippen LogP contribution in [-0.2, 0) is 0 Å². The van der Waals surface area contributed by atoms with Crippen LogP contribution in [0, 0.1) is 0 Å². The minimum Gasteiger partial charge on any atom is -0.345 e. The largest absolute Gasteiger partial charge is 0.345 e. The van der Waals surface area contributed by atoms with Crippen molar-refractivity contribution >= 4 is 28.4 Å². The molecule has 1 aliphatic heterocycles. The fourth-order valence-electron chi connectivity index (χ4n) is 3.98. The fourth-order valence-corrected chi connectivity index (χ4v) is 3.98. The van der Waals surface area contributed by atoms with Crippen molar-refractivity contribution in [2.24, 2.45) is 0 Å². The number of nitrogens with one attached hydrogen (secondary N) is 1. The summed E-state index contributed by atoms with van der Waals surface area (Å²) < 4.78 is 0. The maximum absolute atomic E-state index is 2.32. The second-order valence-electron chi connectivity index (χ2n) is 6.91. The minimum absolute atomic E-state index is 1.19. The Kier molecular flexibility index (Phi) is 3.77. The van der Waals surface area contributed by atoms with Gasteiger partial charge in [-0.1, -0.05) is 48.5 Å². The van der Waals surface area contributed by atoms with Crippen LogP contribution >= 0.6 is 0 Å². The third-order valence-corrected chi connectivity index (χ3v) is 5.35. The van der Waals surface area contributed by atoms with E-state index >= 15 is 0 Å². The molecule has 1 heterocycles. The predicted octanol–water partition coefficient (Wildman–Crippen LogP) is 5.61. The van der Waals surface area contributed by atoms with E-state index < -0.39 is 0 Å². The Bertz CT molecular complexity index is 1090. The molecule has 0 fully saturated rings. The highest BCUT2D eigenvalue weighted by molar-refractivity contribution is 5.88. The maximum atomic E-state index is 2.32. The summed E-state index contributed by atoms with van der Waals surface area (Å²) in [7, 11) is 2.12. The molecule has 0 radical (unpaired) electrons. The Morgan fingerprint density at radius 3 is 1.96 bits per heavy atom. The Labute approximate surface area is 159 Å². The number of para-hydroxylation sites is 3. The predicted molar refractivity (Wildman–Crippen MR) is 113 cm³/mol. The highest BCUT2D eigenvalue weighted by atomic mass is 15.2.